The standard InChI is InChI=1S/C11H21N5.2ClH/c1-15-11(13-9-14-15)8-16-7-3-2-4-10(16)5-6-12;;/h9-10H,2-8,12H2,1H3;2*1H. The molecule has 0 amide bonds. The zero-order valence-electron chi connectivity index (χ0n) is 10.8. The van der Waals surface area contributed by atoms with E-state index in [1.807, 2.05) is 11.7 Å². The highest BCUT2D eigenvalue weighted by atomic mass is 35.5. The predicted molar refractivity (Wildman–Crippen MR) is 77.2 cm³/mol. The lowest BCUT2D eigenvalue weighted by atomic mass is 9.99. The Labute approximate surface area is 121 Å². The fourth-order valence-corrected chi connectivity index (χ4v) is 2.43. The molecule has 18 heavy (non-hydrogen) atoms. The Bertz CT molecular complexity index is 329. The summed E-state index contributed by atoms with van der Waals surface area (Å²) in [6.07, 6.45) is 6.61. The van der Waals surface area contributed by atoms with E-state index in [2.05, 4.69) is 15.0 Å². The maximum Gasteiger partial charge on any atom is 0.140 e. The molecule has 2 rings (SSSR count). The molecule has 0 bridgehead atoms. The Morgan fingerprint density at radius 3 is 2.78 bits per heavy atom. The number of hydrogen-bond acceptors (Lipinski definition) is 4. The Morgan fingerprint density at radius 2 is 2.17 bits per heavy atom. The van der Waals surface area contributed by atoms with Crippen LogP contribution in [0.4, 0.5) is 0 Å². The number of aromatic nitrogens is 3. The van der Waals surface area contributed by atoms with Crippen LogP contribution >= 0.6 is 24.8 Å². The molecule has 2 heterocycles. The van der Waals surface area contributed by atoms with E-state index >= 15 is 0 Å². The lowest BCUT2D eigenvalue weighted by Crippen LogP contribution is -2.40. The number of nitrogens with two attached hydrogens (primary N) is 1. The average molecular weight is 296 g/mol. The van der Waals surface area contributed by atoms with Gasteiger partial charge in [0.05, 0.1) is 6.54 Å². The minimum atomic E-state index is 0. The summed E-state index contributed by atoms with van der Waals surface area (Å²) in [7, 11) is 1.95. The fraction of sp³-hybridized carbons (Fsp3) is 0.818. The lowest BCUT2D eigenvalue weighted by Gasteiger charge is -2.35. The highest BCUT2D eigenvalue weighted by Gasteiger charge is 2.22. The molecule has 1 saturated heterocycles. The van der Waals surface area contributed by atoms with Crippen molar-refractivity contribution in [1.82, 2.24) is 19.7 Å². The van der Waals surface area contributed by atoms with Gasteiger partial charge in [-0.2, -0.15) is 5.10 Å². The summed E-state index contributed by atoms with van der Waals surface area (Å²) >= 11 is 0. The molecule has 0 aromatic carbocycles. The van der Waals surface area contributed by atoms with E-state index < -0.39 is 0 Å². The molecule has 1 atom stereocenters. The molecule has 0 radical (unpaired) electrons. The van der Waals surface area contributed by atoms with Gasteiger partial charge in [0.15, 0.2) is 0 Å². The number of halogens is 2. The summed E-state index contributed by atoms with van der Waals surface area (Å²) in [5, 5.41) is 4.11. The molecule has 0 spiro atoms. The Balaban J connectivity index is 0.00000144. The van der Waals surface area contributed by atoms with Crippen molar-refractivity contribution < 1.29 is 0 Å². The summed E-state index contributed by atoms with van der Waals surface area (Å²) in [5.74, 6) is 1.05. The first-order valence-corrected chi connectivity index (χ1v) is 6.08. The van der Waals surface area contributed by atoms with Crippen molar-refractivity contribution >= 4 is 24.8 Å². The van der Waals surface area contributed by atoms with Crippen molar-refractivity contribution in [3.8, 4) is 0 Å². The second-order valence-electron chi connectivity index (χ2n) is 4.50. The van der Waals surface area contributed by atoms with Gasteiger partial charge in [0.2, 0.25) is 0 Å². The van der Waals surface area contributed by atoms with Gasteiger partial charge in [-0.1, -0.05) is 6.42 Å². The SMILES string of the molecule is Cl.Cl.Cn1ncnc1CN1CCCCC1CCN. The van der Waals surface area contributed by atoms with Gasteiger partial charge in [-0.15, -0.1) is 24.8 Å². The van der Waals surface area contributed by atoms with Crippen LogP contribution in [-0.2, 0) is 13.6 Å². The molecule has 7 heteroatoms. The van der Waals surface area contributed by atoms with Crippen LogP contribution in [0.5, 0.6) is 0 Å². The highest BCUT2D eigenvalue weighted by molar-refractivity contribution is 5.85. The van der Waals surface area contributed by atoms with E-state index in [1.165, 1.54) is 19.3 Å². The summed E-state index contributed by atoms with van der Waals surface area (Å²) in [5.41, 5.74) is 5.67. The van der Waals surface area contributed by atoms with Crippen molar-refractivity contribution in [3.63, 3.8) is 0 Å². The van der Waals surface area contributed by atoms with Crippen molar-refractivity contribution in [3.05, 3.63) is 12.2 Å². The number of likely N-dealkylation sites (tertiary alicyclic amines) is 1. The molecule has 1 aromatic rings. The smallest absolute Gasteiger partial charge is 0.140 e. The van der Waals surface area contributed by atoms with Gasteiger partial charge in [-0.05, 0) is 32.4 Å². The van der Waals surface area contributed by atoms with Gasteiger partial charge in [-0.25, -0.2) is 4.98 Å². The zero-order valence-corrected chi connectivity index (χ0v) is 12.4. The molecule has 1 aliphatic rings. The molecule has 1 unspecified atom stereocenters. The third kappa shape index (κ3) is 4.39. The maximum absolute atomic E-state index is 5.67. The van der Waals surface area contributed by atoms with E-state index in [1.54, 1.807) is 6.33 Å². The van der Waals surface area contributed by atoms with Crippen LogP contribution in [0.25, 0.3) is 0 Å². The van der Waals surface area contributed by atoms with Crippen LogP contribution < -0.4 is 5.73 Å². The Morgan fingerprint density at radius 1 is 1.39 bits per heavy atom. The summed E-state index contributed by atoms with van der Waals surface area (Å²) in [6.45, 7) is 2.85. The first-order valence-electron chi connectivity index (χ1n) is 6.08. The highest BCUT2D eigenvalue weighted by Crippen LogP contribution is 2.20. The van der Waals surface area contributed by atoms with Crippen LogP contribution in [0.15, 0.2) is 6.33 Å². The first kappa shape index (κ1) is 17.6. The van der Waals surface area contributed by atoms with E-state index in [9.17, 15) is 0 Å². The van der Waals surface area contributed by atoms with Crippen LogP contribution in [-0.4, -0.2) is 38.8 Å². The molecular weight excluding hydrogens is 273 g/mol. The fourth-order valence-electron chi connectivity index (χ4n) is 2.43. The van der Waals surface area contributed by atoms with E-state index in [-0.39, 0.29) is 24.8 Å². The van der Waals surface area contributed by atoms with Gasteiger partial charge >= 0.3 is 0 Å². The summed E-state index contributed by atoms with van der Waals surface area (Å²) in [4.78, 5) is 6.78. The van der Waals surface area contributed by atoms with Gasteiger partial charge in [0.1, 0.15) is 12.2 Å². The quantitative estimate of drug-likeness (QED) is 0.911. The van der Waals surface area contributed by atoms with E-state index in [0.717, 1.165) is 31.9 Å². The van der Waals surface area contributed by atoms with Crippen LogP contribution in [0, 0.1) is 0 Å². The average Bonchev–Trinajstić information content (AvgIpc) is 2.68. The second-order valence-corrected chi connectivity index (χ2v) is 4.50. The lowest BCUT2D eigenvalue weighted by molar-refractivity contribution is 0.129. The van der Waals surface area contributed by atoms with Crippen molar-refractivity contribution in [2.75, 3.05) is 13.1 Å². The second kappa shape index (κ2) is 8.69. The Hall–Kier alpha value is -0.360. The third-order valence-electron chi connectivity index (χ3n) is 3.40. The third-order valence-corrected chi connectivity index (χ3v) is 3.40. The first-order chi connectivity index (χ1) is 7.81. The molecular formula is C11H23Cl2N5. The molecule has 1 fully saturated rings. The van der Waals surface area contributed by atoms with Gasteiger partial charge < -0.3 is 5.73 Å². The number of hydrogen-bond donors (Lipinski definition) is 1. The molecule has 1 aliphatic heterocycles. The van der Waals surface area contributed by atoms with E-state index in [4.69, 9.17) is 5.73 Å². The number of aryl methyl sites for hydroxylation is 1. The molecule has 106 valence electrons. The number of rotatable bonds is 4. The predicted octanol–water partition coefficient (Wildman–Crippen LogP) is 1.36. The van der Waals surface area contributed by atoms with Crippen molar-refractivity contribution in [1.29, 1.82) is 0 Å². The normalized spacial score (nSPS) is 20.0. The van der Waals surface area contributed by atoms with Crippen molar-refractivity contribution in [2.45, 2.75) is 38.3 Å². The zero-order chi connectivity index (χ0) is 11.4. The van der Waals surface area contributed by atoms with Gasteiger partial charge in [-0.3, -0.25) is 9.58 Å². The summed E-state index contributed by atoms with van der Waals surface area (Å²) in [6, 6.07) is 0.635. The molecule has 1 aromatic heterocycles. The Kier molecular flexibility index (Phi) is 8.52. The molecule has 0 saturated carbocycles. The minimum Gasteiger partial charge on any atom is -0.330 e. The molecule has 2 N–H and O–H groups in total. The molecule has 5 nitrogen and oxygen atoms in total. The molecule has 0 aliphatic carbocycles. The van der Waals surface area contributed by atoms with E-state index in [0.29, 0.717) is 6.04 Å². The monoisotopic (exact) mass is 295 g/mol. The number of nitrogens with zero attached hydrogens (tertiary/aromatic N) is 4. The summed E-state index contributed by atoms with van der Waals surface area (Å²) < 4.78 is 1.86. The minimum absolute atomic E-state index is 0. The van der Waals surface area contributed by atoms with Crippen LogP contribution in [0.2, 0.25) is 0 Å². The topological polar surface area (TPSA) is 60.0 Å². The van der Waals surface area contributed by atoms with Crippen molar-refractivity contribution in [2.24, 2.45) is 12.8 Å². The van der Waals surface area contributed by atoms with Crippen LogP contribution in [0.1, 0.15) is 31.5 Å². The van der Waals surface area contributed by atoms with Gasteiger partial charge in [0, 0.05) is 13.1 Å². The van der Waals surface area contributed by atoms with Gasteiger partial charge in [0.25, 0.3) is 0 Å². The largest absolute Gasteiger partial charge is 0.330 e. The number of piperidine rings is 1. The maximum atomic E-state index is 5.67. The van der Waals surface area contributed by atoms with Crippen LogP contribution in [0.3, 0.4) is 0 Å².